The van der Waals surface area contributed by atoms with Gasteiger partial charge in [-0.15, -0.1) is 0 Å². The molecule has 0 aromatic carbocycles. The van der Waals surface area contributed by atoms with E-state index in [9.17, 15) is 23.1 Å². The Labute approximate surface area is 155 Å². The highest BCUT2D eigenvalue weighted by Gasteiger charge is 2.37. The minimum atomic E-state index is -4.07. The van der Waals surface area contributed by atoms with Crippen LogP contribution in [0.5, 0.6) is 0 Å². The Kier molecular flexibility index (Phi) is 4.82. The molecule has 11 heteroatoms. The number of hydrogen-bond donors (Lipinski definition) is 1. The lowest BCUT2D eigenvalue weighted by atomic mass is 10.2. The predicted octanol–water partition coefficient (Wildman–Crippen LogP) is 1.04. The highest BCUT2D eigenvalue weighted by molar-refractivity contribution is 7.89. The quantitative estimate of drug-likeness (QED) is 0.809. The van der Waals surface area contributed by atoms with Gasteiger partial charge in [0.1, 0.15) is 27.7 Å². The minimum Gasteiger partial charge on any atom is -0.478 e. The first kappa shape index (κ1) is 19.1. The Balaban J connectivity index is 1.80. The number of aryl methyl sites for hydroxylation is 3. The molecule has 1 aliphatic heterocycles. The molecule has 0 aliphatic carbocycles. The third-order valence-electron chi connectivity index (χ3n) is 4.39. The van der Waals surface area contributed by atoms with E-state index in [2.05, 4.69) is 5.16 Å². The second-order valence-electron chi connectivity index (χ2n) is 6.24. The molecule has 1 fully saturated rings. The van der Waals surface area contributed by atoms with E-state index in [1.165, 1.54) is 24.8 Å². The van der Waals surface area contributed by atoms with Gasteiger partial charge >= 0.3 is 5.97 Å². The summed E-state index contributed by atoms with van der Waals surface area (Å²) in [5.41, 5.74) is -0.192. The monoisotopic (exact) mass is 397 g/mol. The van der Waals surface area contributed by atoms with Gasteiger partial charge in [0.2, 0.25) is 10.0 Å². The van der Waals surface area contributed by atoms with Crippen molar-refractivity contribution < 1.29 is 32.1 Å². The summed E-state index contributed by atoms with van der Waals surface area (Å²) in [5.74, 6) is -1.13. The lowest BCUT2D eigenvalue weighted by Crippen LogP contribution is -2.50. The summed E-state index contributed by atoms with van der Waals surface area (Å²) in [4.78, 5) is 25.0. The van der Waals surface area contributed by atoms with Gasteiger partial charge in [0.05, 0.1) is 0 Å². The number of carboxylic acid groups (broad SMARTS) is 1. The van der Waals surface area contributed by atoms with E-state index in [0.717, 1.165) is 4.31 Å². The van der Waals surface area contributed by atoms with Crippen molar-refractivity contribution >= 4 is 21.9 Å². The standard InChI is InChI=1S/C16H19N3O7S/c1-9-8-12(17-26-9)15(20)18-4-6-19(7-5-18)27(23,24)14-11(3)25-10(2)13(14)16(21)22/h8H,4-7H2,1-3H3,(H,21,22). The number of piperazine rings is 1. The van der Waals surface area contributed by atoms with Crippen molar-refractivity contribution in [3.8, 4) is 0 Å². The summed E-state index contributed by atoms with van der Waals surface area (Å²) in [6, 6.07) is 1.52. The van der Waals surface area contributed by atoms with Gasteiger partial charge in [-0.2, -0.15) is 4.31 Å². The number of carbonyl (C=O) groups excluding carboxylic acids is 1. The Morgan fingerprint density at radius 3 is 2.26 bits per heavy atom. The Bertz CT molecular complexity index is 997. The van der Waals surface area contributed by atoms with Crippen LogP contribution in [0.3, 0.4) is 0 Å². The zero-order valence-corrected chi connectivity index (χ0v) is 15.9. The molecule has 0 radical (unpaired) electrons. The van der Waals surface area contributed by atoms with Crippen molar-refractivity contribution in [3.05, 3.63) is 34.6 Å². The van der Waals surface area contributed by atoms with E-state index in [1.807, 2.05) is 0 Å². The third kappa shape index (κ3) is 3.35. The molecule has 0 atom stereocenters. The lowest BCUT2D eigenvalue weighted by Gasteiger charge is -2.33. The van der Waals surface area contributed by atoms with Crippen LogP contribution in [0.4, 0.5) is 0 Å². The van der Waals surface area contributed by atoms with Crippen LogP contribution >= 0.6 is 0 Å². The third-order valence-corrected chi connectivity index (χ3v) is 6.44. The van der Waals surface area contributed by atoms with Crippen molar-refractivity contribution in [3.63, 3.8) is 0 Å². The van der Waals surface area contributed by atoms with Crippen LogP contribution < -0.4 is 0 Å². The highest BCUT2D eigenvalue weighted by Crippen LogP contribution is 2.30. The molecule has 0 saturated carbocycles. The molecular formula is C16H19N3O7S. The van der Waals surface area contributed by atoms with Gasteiger partial charge < -0.3 is 18.9 Å². The summed E-state index contributed by atoms with van der Waals surface area (Å²) in [7, 11) is -4.07. The van der Waals surface area contributed by atoms with E-state index in [1.54, 1.807) is 6.92 Å². The Morgan fingerprint density at radius 1 is 1.11 bits per heavy atom. The Morgan fingerprint density at radius 2 is 1.74 bits per heavy atom. The fourth-order valence-corrected chi connectivity index (χ4v) is 4.91. The number of carbonyl (C=O) groups is 2. The molecule has 3 heterocycles. The molecule has 1 amide bonds. The van der Waals surface area contributed by atoms with Crippen molar-refractivity contribution in [1.29, 1.82) is 0 Å². The van der Waals surface area contributed by atoms with Crippen molar-refractivity contribution in [1.82, 2.24) is 14.4 Å². The van der Waals surface area contributed by atoms with Crippen LogP contribution in [0.25, 0.3) is 0 Å². The maximum absolute atomic E-state index is 13.0. The number of rotatable bonds is 4. The zero-order valence-electron chi connectivity index (χ0n) is 15.1. The summed E-state index contributed by atoms with van der Waals surface area (Å²) >= 11 is 0. The van der Waals surface area contributed by atoms with Gasteiger partial charge in [-0.05, 0) is 20.8 Å². The summed E-state index contributed by atoms with van der Waals surface area (Å²) in [6.45, 7) is 4.88. The lowest BCUT2D eigenvalue weighted by molar-refractivity contribution is 0.0685. The largest absolute Gasteiger partial charge is 0.478 e. The molecule has 1 saturated heterocycles. The highest BCUT2D eigenvalue weighted by atomic mass is 32.2. The average molecular weight is 397 g/mol. The number of hydrogen-bond acceptors (Lipinski definition) is 7. The number of sulfonamides is 1. The van der Waals surface area contributed by atoms with Crippen LogP contribution in [-0.2, 0) is 10.0 Å². The molecule has 1 N–H and O–H groups in total. The van der Waals surface area contributed by atoms with E-state index < -0.39 is 16.0 Å². The van der Waals surface area contributed by atoms with Crippen LogP contribution in [0.15, 0.2) is 19.9 Å². The Hall–Kier alpha value is -2.66. The SMILES string of the molecule is Cc1cc(C(=O)N2CCN(S(=O)(=O)c3c(C)oc(C)c3C(=O)O)CC2)no1. The maximum Gasteiger partial charge on any atom is 0.340 e. The summed E-state index contributed by atoms with van der Waals surface area (Å²) in [5, 5.41) is 13.0. The second-order valence-corrected chi connectivity index (χ2v) is 8.12. The molecule has 146 valence electrons. The zero-order chi connectivity index (χ0) is 19.9. The number of amides is 1. The van der Waals surface area contributed by atoms with Gasteiger partial charge in [-0.1, -0.05) is 5.16 Å². The van der Waals surface area contributed by atoms with Gasteiger partial charge in [-0.25, -0.2) is 13.2 Å². The fraction of sp³-hybridized carbons (Fsp3) is 0.438. The van der Waals surface area contributed by atoms with Crippen molar-refractivity contribution in [2.75, 3.05) is 26.2 Å². The topological polar surface area (TPSA) is 134 Å². The van der Waals surface area contributed by atoms with E-state index in [-0.39, 0.29) is 59.8 Å². The number of furan rings is 1. The number of carboxylic acids is 1. The fourth-order valence-electron chi connectivity index (χ4n) is 3.11. The molecule has 27 heavy (non-hydrogen) atoms. The number of aromatic carboxylic acids is 1. The van der Waals surface area contributed by atoms with E-state index in [4.69, 9.17) is 8.94 Å². The molecule has 2 aromatic rings. The predicted molar refractivity (Wildman–Crippen MR) is 91.0 cm³/mol. The second kappa shape index (κ2) is 6.82. The first-order valence-corrected chi connectivity index (χ1v) is 9.63. The van der Waals surface area contributed by atoms with Gasteiger partial charge in [0.25, 0.3) is 5.91 Å². The average Bonchev–Trinajstić information content (AvgIpc) is 3.17. The van der Waals surface area contributed by atoms with E-state index in [0.29, 0.717) is 5.76 Å². The van der Waals surface area contributed by atoms with Crippen molar-refractivity contribution in [2.45, 2.75) is 25.7 Å². The first-order chi connectivity index (χ1) is 12.6. The molecule has 10 nitrogen and oxygen atoms in total. The van der Waals surface area contributed by atoms with Gasteiger partial charge in [0, 0.05) is 32.2 Å². The maximum atomic E-state index is 13.0. The molecular weight excluding hydrogens is 378 g/mol. The number of nitrogens with zero attached hydrogens (tertiary/aromatic N) is 3. The molecule has 0 spiro atoms. The molecule has 1 aliphatic rings. The van der Waals surface area contributed by atoms with Gasteiger partial charge in [-0.3, -0.25) is 4.79 Å². The summed E-state index contributed by atoms with van der Waals surface area (Å²) < 4.78 is 37.2. The van der Waals surface area contributed by atoms with Crippen LogP contribution in [0, 0.1) is 20.8 Å². The molecule has 3 rings (SSSR count). The van der Waals surface area contributed by atoms with Crippen LogP contribution in [0.1, 0.15) is 38.1 Å². The molecule has 0 bridgehead atoms. The normalized spacial score (nSPS) is 15.9. The summed E-state index contributed by atoms with van der Waals surface area (Å²) in [6.07, 6.45) is 0. The minimum absolute atomic E-state index is 0.0291. The van der Waals surface area contributed by atoms with Crippen molar-refractivity contribution in [2.24, 2.45) is 0 Å². The van der Waals surface area contributed by atoms with E-state index >= 15 is 0 Å². The van der Waals surface area contributed by atoms with Gasteiger partial charge in [0.15, 0.2) is 5.69 Å². The van der Waals surface area contributed by atoms with Crippen LogP contribution in [-0.4, -0.2) is 65.9 Å². The first-order valence-electron chi connectivity index (χ1n) is 8.19. The molecule has 0 unspecified atom stereocenters. The smallest absolute Gasteiger partial charge is 0.340 e. The van der Waals surface area contributed by atoms with Crippen LogP contribution in [0.2, 0.25) is 0 Å². The molecule has 2 aromatic heterocycles. The number of aromatic nitrogens is 1.